The Balaban J connectivity index is 2.19. The van der Waals surface area contributed by atoms with E-state index < -0.39 is 11.4 Å². The van der Waals surface area contributed by atoms with Gasteiger partial charge in [-0.05, 0) is 38.1 Å². The molecular weight excluding hydrogens is 178 g/mol. The number of carboxylic acids is 1. The largest absolute Gasteiger partial charge is 0.481 e. The number of carbonyl (C=O) groups is 1. The molecule has 0 spiro atoms. The minimum Gasteiger partial charge on any atom is -0.481 e. The van der Waals surface area contributed by atoms with Crippen molar-refractivity contribution in [3.8, 4) is 0 Å². The smallest absolute Gasteiger partial charge is 0.310 e. The standard InChI is InChI=1S/C11H21NO2/c1-10(2)5-8(10)6-12-7-11(3,4)9(13)14/h8,12H,5-7H2,1-4H3,(H,13,14). The van der Waals surface area contributed by atoms with Crippen LogP contribution in [0.1, 0.15) is 34.1 Å². The Kier molecular flexibility index (Phi) is 2.91. The van der Waals surface area contributed by atoms with Crippen molar-refractivity contribution in [3.63, 3.8) is 0 Å². The third kappa shape index (κ3) is 2.71. The normalized spacial score (nSPS) is 24.7. The van der Waals surface area contributed by atoms with Crippen LogP contribution in [-0.2, 0) is 4.79 Å². The summed E-state index contributed by atoms with van der Waals surface area (Å²) in [6.45, 7) is 9.50. The third-order valence-corrected chi connectivity index (χ3v) is 3.25. The van der Waals surface area contributed by atoms with Crippen LogP contribution in [0, 0.1) is 16.7 Å². The van der Waals surface area contributed by atoms with E-state index in [2.05, 4.69) is 19.2 Å². The average molecular weight is 199 g/mol. The van der Waals surface area contributed by atoms with Gasteiger partial charge < -0.3 is 10.4 Å². The Hall–Kier alpha value is -0.570. The van der Waals surface area contributed by atoms with Gasteiger partial charge in [-0.25, -0.2) is 0 Å². The number of aliphatic carboxylic acids is 1. The highest BCUT2D eigenvalue weighted by Crippen LogP contribution is 2.50. The van der Waals surface area contributed by atoms with Crippen LogP contribution >= 0.6 is 0 Å². The molecule has 0 aliphatic heterocycles. The van der Waals surface area contributed by atoms with Crippen molar-refractivity contribution in [3.05, 3.63) is 0 Å². The Labute approximate surface area is 85.9 Å². The molecule has 0 saturated heterocycles. The third-order valence-electron chi connectivity index (χ3n) is 3.25. The number of rotatable bonds is 5. The minimum absolute atomic E-state index is 0.473. The lowest BCUT2D eigenvalue weighted by atomic mass is 9.94. The van der Waals surface area contributed by atoms with E-state index in [4.69, 9.17) is 5.11 Å². The molecule has 0 aromatic heterocycles. The summed E-state index contributed by atoms with van der Waals surface area (Å²) >= 11 is 0. The maximum Gasteiger partial charge on any atom is 0.310 e. The molecule has 2 N–H and O–H groups in total. The van der Waals surface area contributed by atoms with Crippen molar-refractivity contribution in [1.29, 1.82) is 0 Å². The van der Waals surface area contributed by atoms with E-state index in [1.165, 1.54) is 6.42 Å². The van der Waals surface area contributed by atoms with E-state index in [0.717, 1.165) is 12.5 Å². The topological polar surface area (TPSA) is 49.3 Å². The molecule has 1 unspecified atom stereocenters. The van der Waals surface area contributed by atoms with Crippen molar-refractivity contribution in [2.45, 2.75) is 34.1 Å². The van der Waals surface area contributed by atoms with Gasteiger partial charge in [0.05, 0.1) is 5.41 Å². The van der Waals surface area contributed by atoms with Gasteiger partial charge in [0.15, 0.2) is 0 Å². The molecule has 0 aromatic carbocycles. The van der Waals surface area contributed by atoms with Gasteiger partial charge in [0, 0.05) is 6.54 Å². The highest BCUT2D eigenvalue weighted by atomic mass is 16.4. The summed E-state index contributed by atoms with van der Waals surface area (Å²) in [6, 6.07) is 0. The second-order valence-electron chi connectivity index (χ2n) is 5.71. The summed E-state index contributed by atoms with van der Waals surface area (Å²) in [5.74, 6) is -0.00727. The van der Waals surface area contributed by atoms with Gasteiger partial charge in [-0.2, -0.15) is 0 Å². The Morgan fingerprint density at radius 3 is 2.43 bits per heavy atom. The van der Waals surface area contributed by atoms with E-state index in [-0.39, 0.29) is 0 Å². The number of nitrogens with one attached hydrogen (secondary N) is 1. The molecule has 1 rings (SSSR count). The molecule has 1 saturated carbocycles. The summed E-state index contributed by atoms with van der Waals surface area (Å²) < 4.78 is 0. The first-order valence-corrected chi connectivity index (χ1v) is 5.20. The highest BCUT2D eigenvalue weighted by molar-refractivity contribution is 5.73. The van der Waals surface area contributed by atoms with E-state index in [1.807, 2.05) is 0 Å². The van der Waals surface area contributed by atoms with Crippen LogP contribution in [0.2, 0.25) is 0 Å². The Morgan fingerprint density at radius 1 is 1.57 bits per heavy atom. The van der Waals surface area contributed by atoms with Gasteiger partial charge in [0.2, 0.25) is 0 Å². The van der Waals surface area contributed by atoms with Crippen molar-refractivity contribution in [2.75, 3.05) is 13.1 Å². The Bertz CT molecular complexity index is 233. The van der Waals surface area contributed by atoms with Gasteiger partial charge in [0.25, 0.3) is 0 Å². The van der Waals surface area contributed by atoms with Gasteiger partial charge in [0.1, 0.15) is 0 Å². The zero-order valence-electron chi connectivity index (χ0n) is 9.55. The average Bonchev–Trinajstić information content (AvgIpc) is 2.58. The second-order valence-corrected chi connectivity index (χ2v) is 5.71. The molecule has 1 aliphatic rings. The van der Waals surface area contributed by atoms with Crippen LogP contribution in [0.3, 0.4) is 0 Å². The quantitative estimate of drug-likeness (QED) is 0.709. The lowest BCUT2D eigenvalue weighted by molar-refractivity contribution is -0.146. The summed E-state index contributed by atoms with van der Waals surface area (Å²) in [5, 5.41) is 12.1. The molecule has 0 aromatic rings. The summed E-state index contributed by atoms with van der Waals surface area (Å²) in [5.41, 5.74) is -0.181. The lowest BCUT2D eigenvalue weighted by Crippen LogP contribution is -2.37. The number of hydrogen-bond donors (Lipinski definition) is 2. The van der Waals surface area contributed by atoms with Crippen molar-refractivity contribution >= 4 is 5.97 Å². The zero-order valence-corrected chi connectivity index (χ0v) is 9.55. The lowest BCUT2D eigenvalue weighted by Gasteiger charge is -2.19. The number of carboxylic acid groups (broad SMARTS) is 1. The van der Waals surface area contributed by atoms with Gasteiger partial charge >= 0.3 is 5.97 Å². The summed E-state index contributed by atoms with van der Waals surface area (Å²) in [4.78, 5) is 10.8. The molecular formula is C11H21NO2. The maximum absolute atomic E-state index is 10.8. The molecule has 0 heterocycles. The first kappa shape index (κ1) is 11.5. The van der Waals surface area contributed by atoms with Gasteiger partial charge in [-0.15, -0.1) is 0 Å². The molecule has 0 amide bonds. The SMILES string of the molecule is CC(C)(CNCC1CC1(C)C)C(=O)O. The first-order valence-electron chi connectivity index (χ1n) is 5.20. The number of hydrogen-bond acceptors (Lipinski definition) is 2. The van der Waals surface area contributed by atoms with Crippen LogP contribution in [0.5, 0.6) is 0 Å². The van der Waals surface area contributed by atoms with Crippen LogP contribution in [0.25, 0.3) is 0 Å². The molecule has 0 bridgehead atoms. The van der Waals surface area contributed by atoms with Gasteiger partial charge in [-0.1, -0.05) is 13.8 Å². The molecule has 1 aliphatic carbocycles. The molecule has 1 atom stereocenters. The van der Waals surface area contributed by atoms with E-state index in [9.17, 15) is 4.79 Å². The van der Waals surface area contributed by atoms with Crippen LogP contribution in [0.4, 0.5) is 0 Å². The molecule has 1 fully saturated rings. The summed E-state index contributed by atoms with van der Waals surface area (Å²) in [6.07, 6.45) is 1.26. The fraction of sp³-hybridized carbons (Fsp3) is 0.909. The van der Waals surface area contributed by atoms with Gasteiger partial charge in [-0.3, -0.25) is 4.79 Å². The van der Waals surface area contributed by atoms with E-state index >= 15 is 0 Å². The predicted octanol–water partition coefficient (Wildman–Crippen LogP) is 1.73. The van der Waals surface area contributed by atoms with E-state index in [1.54, 1.807) is 13.8 Å². The zero-order chi connectivity index (χ0) is 11.0. The van der Waals surface area contributed by atoms with Crippen molar-refractivity contribution < 1.29 is 9.90 Å². The highest BCUT2D eigenvalue weighted by Gasteiger charge is 2.45. The van der Waals surface area contributed by atoms with Crippen LogP contribution in [-0.4, -0.2) is 24.2 Å². The Morgan fingerprint density at radius 2 is 2.07 bits per heavy atom. The second kappa shape index (κ2) is 3.54. The molecule has 3 heteroatoms. The van der Waals surface area contributed by atoms with Crippen molar-refractivity contribution in [2.24, 2.45) is 16.7 Å². The first-order chi connectivity index (χ1) is 6.26. The predicted molar refractivity (Wildman–Crippen MR) is 56.2 cm³/mol. The fourth-order valence-corrected chi connectivity index (χ4v) is 1.56. The molecule has 3 nitrogen and oxygen atoms in total. The maximum atomic E-state index is 10.8. The molecule has 0 radical (unpaired) electrons. The molecule has 82 valence electrons. The van der Waals surface area contributed by atoms with E-state index in [0.29, 0.717) is 12.0 Å². The van der Waals surface area contributed by atoms with Crippen LogP contribution < -0.4 is 5.32 Å². The van der Waals surface area contributed by atoms with Crippen molar-refractivity contribution in [1.82, 2.24) is 5.32 Å². The fourth-order valence-electron chi connectivity index (χ4n) is 1.56. The monoisotopic (exact) mass is 199 g/mol. The van der Waals surface area contributed by atoms with Crippen LogP contribution in [0.15, 0.2) is 0 Å². The summed E-state index contributed by atoms with van der Waals surface area (Å²) in [7, 11) is 0. The molecule has 14 heavy (non-hydrogen) atoms. The minimum atomic E-state index is -0.736.